The first-order valence-electron chi connectivity index (χ1n) is 5.83. The molecule has 98 valence electrons. The molecule has 0 spiro atoms. The third-order valence-electron chi connectivity index (χ3n) is 3.01. The summed E-state index contributed by atoms with van der Waals surface area (Å²) in [5, 5.41) is 1.77. The quantitative estimate of drug-likeness (QED) is 0.748. The second-order valence-electron chi connectivity index (χ2n) is 4.22. The predicted octanol–water partition coefficient (Wildman–Crippen LogP) is 1.85. The number of nitrogens with zero attached hydrogens (tertiary/aromatic N) is 2. The van der Waals surface area contributed by atoms with Gasteiger partial charge in [-0.2, -0.15) is 0 Å². The summed E-state index contributed by atoms with van der Waals surface area (Å²) in [6, 6.07) is 5.74. The summed E-state index contributed by atoms with van der Waals surface area (Å²) in [6.45, 7) is 0.332. The largest absolute Gasteiger partial charge is 0.497 e. The zero-order valence-electron chi connectivity index (χ0n) is 10.7. The lowest BCUT2D eigenvalue weighted by molar-refractivity contribution is 0.178. The molecular formula is C13H14N4O2. The first-order chi connectivity index (χ1) is 9.22. The van der Waals surface area contributed by atoms with E-state index in [2.05, 4.69) is 15.0 Å². The molecule has 0 bridgehead atoms. The van der Waals surface area contributed by atoms with Crippen LogP contribution in [0.5, 0.6) is 5.75 Å². The van der Waals surface area contributed by atoms with Crippen LogP contribution in [0.4, 0.5) is 5.82 Å². The van der Waals surface area contributed by atoms with Crippen LogP contribution in [0.1, 0.15) is 5.82 Å². The second-order valence-corrected chi connectivity index (χ2v) is 4.22. The fourth-order valence-electron chi connectivity index (χ4n) is 2.17. The number of nitrogen functional groups attached to an aromatic ring is 1. The van der Waals surface area contributed by atoms with Crippen molar-refractivity contribution in [2.75, 3.05) is 20.0 Å². The molecule has 0 radical (unpaired) electrons. The van der Waals surface area contributed by atoms with Crippen LogP contribution in [-0.2, 0) is 11.3 Å². The van der Waals surface area contributed by atoms with Gasteiger partial charge in [-0.15, -0.1) is 0 Å². The van der Waals surface area contributed by atoms with E-state index in [-0.39, 0.29) is 0 Å². The number of aromatic amines is 1. The Morgan fingerprint density at radius 1 is 1.26 bits per heavy atom. The number of benzene rings is 1. The lowest BCUT2D eigenvalue weighted by atomic mass is 10.2. The molecule has 0 aliphatic rings. The molecule has 2 heterocycles. The molecule has 1 aromatic carbocycles. The van der Waals surface area contributed by atoms with Gasteiger partial charge < -0.3 is 20.2 Å². The van der Waals surface area contributed by atoms with E-state index in [4.69, 9.17) is 15.2 Å². The smallest absolute Gasteiger partial charge is 0.158 e. The van der Waals surface area contributed by atoms with Crippen LogP contribution in [0.25, 0.3) is 21.9 Å². The van der Waals surface area contributed by atoms with Gasteiger partial charge in [0.05, 0.1) is 12.5 Å². The molecule has 0 atom stereocenters. The van der Waals surface area contributed by atoms with Gasteiger partial charge in [-0.3, -0.25) is 0 Å². The fraction of sp³-hybridized carbons (Fsp3) is 0.231. The van der Waals surface area contributed by atoms with Crippen LogP contribution in [0, 0.1) is 0 Å². The van der Waals surface area contributed by atoms with Crippen LogP contribution in [0.15, 0.2) is 18.2 Å². The monoisotopic (exact) mass is 258 g/mol. The van der Waals surface area contributed by atoms with Crippen LogP contribution < -0.4 is 10.5 Å². The Kier molecular flexibility index (Phi) is 2.72. The number of H-pyrrole nitrogens is 1. The zero-order valence-corrected chi connectivity index (χ0v) is 10.7. The van der Waals surface area contributed by atoms with Gasteiger partial charge in [-0.1, -0.05) is 0 Å². The predicted molar refractivity (Wildman–Crippen MR) is 73.1 cm³/mol. The molecule has 3 N–H and O–H groups in total. The molecule has 0 aliphatic heterocycles. The first-order valence-corrected chi connectivity index (χ1v) is 5.83. The average molecular weight is 258 g/mol. The summed E-state index contributed by atoms with van der Waals surface area (Å²) >= 11 is 0. The summed E-state index contributed by atoms with van der Waals surface area (Å²) < 4.78 is 10.3. The maximum absolute atomic E-state index is 6.02. The van der Waals surface area contributed by atoms with Crippen molar-refractivity contribution in [3.8, 4) is 5.75 Å². The number of aromatic nitrogens is 3. The number of anilines is 1. The lowest BCUT2D eigenvalue weighted by Gasteiger charge is -2.02. The molecule has 0 saturated heterocycles. The van der Waals surface area contributed by atoms with E-state index in [0.717, 1.165) is 22.0 Å². The highest BCUT2D eigenvalue weighted by atomic mass is 16.5. The highest BCUT2D eigenvalue weighted by Crippen LogP contribution is 2.30. The highest BCUT2D eigenvalue weighted by molar-refractivity contribution is 6.11. The normalized spacial score (nSPS) is 11.3. The Labute approximate surface area is 109 Å². The number of hydrogen-bond acceptors (Lipinski definition) is 5. The highest BCUT2D eigenvalue weighted by Gasteiger charge is 2.12. The lowest BCUT2D eigenvalue weighted by Crippen LogP contribution is -2.01. The first kappa shape index (κ1) is 11.7. The van der Waals surface area contributed by atoms with Gasteiger partial charge in [0, 0.05) is 18.0 Å². The molecule has 0 aliphatic carbocycles. The van der Waals surface area contributed by atoms with Gasteiger partial charge in [-0.05, 0) is 18.2 Å². The summed E-state index contributed by atoms with van der Waals surface area (Å²) in [6.07, 6.45) is 0. The molecular weight excluding hydrogens is 244 g/mol. The summed E-state index contributed by atoms with van der Waals surface area (Å²) in [7, 11) is 3.23. The Balaban J connectivity index is 2.31. The van der Waals surface area contributed by atoms with E-state index in [1.54, 1.807) is 14.2 Å². The Hall–Kier alpha value is -2.34. The van der Waals surface area contributed by atoms with E-state index in [1.807, 2.05) is 18.2 Å². The second kappa shape index (κ2) is 4.40. The Bertz CT molecular complexity index is 751. The molecule has 6 nitrogen and oxygen atoms in total. The zero-order chi connectivity index (χ0) is 13.4. The summed E-state index contributed by atoms with van der Waals surface area (Å²) in [5.41, 5.74) is 7.68. The molecule has 0 saturated carbocycles. The molecule has 0 fully saturated rings. The van der Waals surface area contributed by atoms with Gasteiger partial charge in [0.2, 0.25) is 0 Å². The number of fused-ring (bicyclic) bond motifs is 3. The van der Waals surface area contributed by atoms with Gasteiger partial charge in [0.1, 0.15) is 23.8 Å². The maximum Gasteiger partial charge on any atom is 0.158 e. The van der Waals surface area contributed by atoms with E-state index in [9.17, 15) is 0 Å². The van der Waals surface area contributed by atoms with E-state index in [0.29, 0.717) is 23.9 Å². The van der Waals surface area contributed by atoms with Crippen LogP contribution in [-0.4, -0.2) is 29.2 Å². The third kappa shape index (κ3) is 1.86. The van der Waals surface area contributed by atoms with Crippen molar-refractivity contribution >= 4 is 27.8 Å². The van der Waals surface area contributed by atoms with Crippen molar-refractivity contribution in [3.63, 3.8) is 0 Å². The topological polar surface area (TPSA) is 86.0 Å². The number of methoxy groups -OCH3 is 2. The number of rotatable bonds is 3. The van der Waals surface area contributed by atoms with Crippen LogP contribution >= 0.6 is 0 Å². The van der Waals surface area contributed by atoms with Crippen molar-refractivity contribution in [2.24, 2.45) is 0 Å². The fourth-order valence-corrected chi connectivity index (χ4v) is 2.17. The van der Waals surface area contributed by atoms with Gasteiger partial charge in [0.15, 0.2) is 5.82 Å². The SMILES string of the molecule is COCc1nc(N)c2c(n1)[nH]c1ccc(OC)cc12. The summed E-state index contributed by atoms with van der Waals surface area (Å²) in [4.78, 5) is 11.9. The van der Waals surface area contributed by atoms with E-state index in [1.165, 1.54) is 0 Å². The molecule has 0 unspecified atom stereocenters. The minimum atomic E-state index is 0.332. The van der Waals surface area contributed by atoms with Crippen molar-refractivity contribution in [2.45, 2.75) is 6.61 Å². The van der Waals surface area contributed by atoms with E-state index < -0.39 is 0 Å². The van der Waals surface area contributed by atoms with E-state index >= 15 is 0 Å². The average Bonchev–Trinajstić information content (AvgIpc) is 2.76. The van der Waals surface area contributed by atoms with Crippen LogP contribution in [0.2, 0.25) is 0 Å². The van der Waals surface area contributed by atoms with Gasteiger partial charge in [-0.25, -0.2) is 9.97 Å². The number of nitrogens with two attached hydrogens (primary N) is 1. The third-order valence-corrected chi connectivity index (χ3v) is 3.01. The maximum atomic E-state index is 6.02. The molecule has 3 rings (SSSR count). The number of hydrogen-bond donors (Lipinski definition) is 2. The minimum absolute atomic E-state index is 0.332. The number of nitrogens with one attached hydrogen (secondary N) is 1. The van der Waals surface area contributed by atoms with Crippen molar-refractivity contribution in [1.29, 1.82) is 0 Å². The van der Waals surface area contributed by atoms with Crippen molar-refractivity contribution in [3.05, 3.63) is 24.0 Å². The van der Waals surface area contributed by atoms with Gasteiger partial charge in [0.25, 0.3) is 0 Å². The van der Waals surface area contributed by atoms with Gasteiger partial charge >= 0.3 is 0 Å². The number of ether oxygens (including phenoxy) is 2. The molecule has 0 amide bonds. The van der Waals surface area contributed by atoms with Crippen LogP contribution in [0.3, 0.4) is 0 Å². The molecule has 6 heteroatoms. The molecule has 19 heavy (non-hydrogen) atoms. The minimum Gasteiger partial charge on any atom is -0.497 e. The van der Waals surface area contributed by atoms with Crippen molar-refractivity contribution < 1.29 is 9.47 Å². The Morgan fingerprint density at radius 3 is 2.84 bits per heavy atom. The van der Waals surface area contributed by atoms with Crippen molar-refractivity contribution in [1.82, 2.24) is 15.0 Å². The Morgan fingerprint density at radius 2 is 2.11 bits per heavy atom. The molecule has 3 aromatic rings. The standard InChI is InChI=1S/C13H14N4O2/c1-18-6-10-16-12(14)11-8-5-7(19-2)3-4-9(8)15-13(11)17-10/h3-5H,6H2,1-2H3,(H3,14,15,16,17). The summed E-state index contributed by atoms with van der Waals surface area (Å²) in [5.74, 6) is 1.77. The molecule has 2 aromatic heterocycles.